The number of aliphatic hydroxyl groups excluding tert-OH is 10. The molecular formula is C77H145O24P. The molecule has 102 heavy (non-hydrogen) atoms. The van der Waals surface area contributed by atoms with Crippen molar-refractivity contribution in [3.05, 3.63) is 0 Å². The van der Waals surface area contributed by atoms with E-state index in [-0.39, 0.29) is 19.3 Å². The van der Waals surface area contributed by atoms with E-state index >= 15 is 0 Å². The largest absolute Gasteiger partial charge is 0.472 e. The molecule has 11 N–H and O–H groups in total. The number of esters is 3. The van der Waals surface area contributed by atoms with E-state index in [1.54, 1.807) is 0 Å². The van der Waals surface area contributed by atoms with Gasteiger partial charge in [-0.3, -0.25) is 23.4 Å². The maximum Gasteiger partial charge on any atom is 0.472 e. The number of hydrogen-bond acceptors (Lipinski definition) is 23. The van der Waals surface area contributed by atoms with Crippen LogP contribution in [-0.4, -0.2) is 204 Å². The van der Waals surface area contributed by atoms with Gasteiger partial charge in [-0.15, -0.1) is 0 Å². The standard InChI is InChI=1S/C77H145O24P/c1-5-8-11-14-17-19-21-23-25-27-29-31-33-35-42-47-52-63(81)96-58(54-93-61(79)50-45-41-37-36-39-44-49-57(4)48-43-38-16-13-10-7-3)55-95-102(91,92)101-75-73(99-76-71(89)66(84)64(82)59(53-78)97-76)69(87)68(86)70(88)74(75)100-77-72(90)67(85)65(83)60(98-77)56-94-62(80)51-46-40-34-32-30-28-26-24-22-20-18-15-12-9-6-2/h57-60,64-78,82-90H,5-56H2,1-4H3,(H,91,92). The molecule has 0 amide bonds. The van der Waals surface area contributed by atoms with Crippen molar-refractivity contribution < 1.29 is 117 Å². The Kier molecular flexibility index (Phi) is 53.5. The molecule has 1 saturated carbocycles. The zero-order chi connectivity index (χ0) is 74.8. The Morgan fingerprint density at radius 2 is 0.686 bits per heavy atom. The van der Waals surface area contributed by atoms with Gasteiger partial charge in [-0.05, 0) is 25.2 Å². The van der Waals surface area contributed by atoms with Crippen molar-refractivity contribution in [1.82, 2.24) is 0 Å². The Morgan fingerprint density at radius 1 is 0.373 bits per heavy atom. The number of unbranched alkanes of at least 4 members (excludes halogenated alkanes) is 39. The topological polar surface area (TPSA) is 374 Å². The van der Waals surface area contributed by atoms with Gasteiger partial charge in [-0.1, -0.05) is 297 Å². The molecule has 25 heteroatoms. The lowest BCUT2D eigenvalue weighted by atomic mass is 9.84. The normalized spacial score (nSPS) is 27.3. The molecular weight excluding hydrogens is 1340 g/mol. The second-order valence-corrected chi connectivity index (χ2v) is 31.2. The molecule has 602 valence electrons. The fraction of sp³-hybridized carbons (Fsp3) is 0.961. The van der Waals surface area contributed by atoms with E-state index in [1.807, 2.05) is 0 Å². The Balaban J connectivity index is 1.71. The third-order valence-electron chi connectivity index (χ3n) is 20.5. The summed E-state index contributed by atoms with van der Waals surface area (Å²) in [7, 11) is -5.70. The average Bonchev–Trinajstić information content (AvgIpc) is 0.761. The van der Waals surface area contributed by atoms with Crippen LogP contribution in [0.25, 0.3) is 0 Å². The van der Waals surface area contributed by atoms with Crippen molar-refractivity contribution in [3.63, 3.8) is 0 Å². The van der Waals surface area contributed by atoms with E-state index in [4.69, 9.17) is 42.2 Å². The summed E-state index contributed by atoms with van der Waals surface area (Å²) in [5, 5.41) is 110. The number of ether oxygens (including phenoxy) is 7. The molecule has 1 aliphatic carbocycles. The van der Waals surface area contributed by atoms with Crippen LogP contribution < -0.4 is 0 Å². The molecule has 0 aromatic carbocycles. The van der Waals surface area contributed by atoms with Gasteiger partial charge in [0.05, 0.1) is 13.2 Å². The maximum atomic E-state index is 14.4. The minimum Gasteiger partial charge on any atom is -0.463 e. The Bertz CT molecular complexity index is 2120. The summed E-state index contributed by atoms with van der Waals surface area (Å²) in [6.45, 7) is 5.83. The van der Waals surface area contributed by atoms with Crippen molar-refractivity contribution in [2.24, 2.45) is 5.92 Å². The van der Waals surface area contributed by atoms with Gasteiger partial charge in [-0.2, -0.15) is 0 Å². The molecule has 0 bridgehead atoms. The smallest absolute Gasteiger partial charge is 0.463 e. The number of carbonyl (C=O) groups is 3. The van der Waals surface area contributed by atoms with E-state index in [1.165, 1.54) is 173 Å². The van der Waals surface area contributed by atoms with Crippen molar-refractivity contribution in [1.29, 1.82) is 0 Å². The summed E-state index contributed by atoms with van der Waals surface area (Å²) < 4.78 is 65.3. The highest BCUT2D eigenvalue weighted by Gasteiger charge is 2.58. The van der Waals surface area contributed by atoms with Crippen LogP contribution in [0.15, 0.2) is 0 Å². The maximum absolute atomic E-state index is 14.4. The summed E-state index contributed by atoms with van der Waals surface area (Å²) in [5.74, 6) is -1.27. The van der Waals surface area contributed by atoms with E-state index in [2.05, 4.69) is 27.7 Å². The van der Waals surface area contributed by atoms with Crippen LogP contribution >= 0.6 is 7.82 Å². The minimum absolute atomic E-state index is 0.0336. The highest BCUT2D eigenvalue weighted by atomic mass is 31.2. The second kappa shape index (κ2) is 58.0. The first-order chi connectivity index (χ1) is 49.2. The second-order valence-electron chi connectivity index (χ2n) is 29.8. The Morgan fingerprint density at radius 3 is 1.06 bits per heavy atom. The van der Waals surface area contributed by atoms with Gasteiger partial charge in [0, 0.05) is 19.3 Å². The first kappa shape index (κ1) is 94.2. The lowest BCUT2D eigenvalue weighted by molar-refractivity contribution is -0.360. The van der Waals surface area contributed by atoms with Crippen LogP contribution in [0.1, 0.15) is 336 Å². The lowest BCUT2D eigenvalue weighted by Gasteiger charge is -2.49. The van der Waals surface area contributed by atoms with E-state index in [0.29, 0.717) is 25.2 Å². The number of hydrogen-bond donors (Lipinski definition) is 11. The van der Waals surface area contributed by atoms with E-state index in [0.717, 1.165) is 96.3 Å². The SMILES string of the molecule is CCCCCCCCCCCCCCCCCCC(=O)OC(COC(=O)CCCCCCCCC(C)CCCCCCCC)COP(=O)(O)OC1C(OC2OC(CO)C(O)C(O)C2O)C(O)C(O)C(O)C1OC1OC(COC(=O)CCCCCCCCCCCCCCCCC)C(O)C(O)C1O. The molecule has 2 saturated heterocycles. The summed E-state index contributed by atoms with van der Waals surface area (Å²) in [4.78, 5) is 51.2. The third-order valence-corrected chi connectivity index (χ3v) is 21.5. The van der Waals surface area contributed by atoms with Gasteiger partial charge in [-0.25, -0.2) is 4.57 Å². The van der Waals surface area contributed by atoms with E-state index in [9.17, 15) is 74.9 Å². The molecule has 19 unspecified atom stereocenters. The summed E-state index contributed by atoms with van der Waals surface area (Å²) in [6, 6.07) is 0. The van der Waals surface area contributed by atoms with Crippen molar-refractivity contribution in [2.45, 2.75) is 440 Å². The monoisotopic (exact) mass is 1480 g/mol. The van der Waals surface area contributed by atoms with Crippen LogP contribution in [0.5, 0.6) is 0 Å². The Labute approximate surface area is 612 Å². The zero-order valence-corrected chi connectivity index (χ0v) is 64.2. The molecule has 2 aliphatic heterocycles. The van der Waals surface area contributed by atoms with Gasteiger partial charge < -0.3 is 89.1 Å². The predicted octanol–water partition coefficient (Wildman–Crippen LogP) is 12.4. The molecule has 24 nitrogen and oxygen atoms in total. The van der Waals surface area contributed by atoms with Gasteiger partial charge in [0.15, 0.2) is 18.7 Å². The predicted molar refractivity (Wildman–Crippen MR) is 388 cm³/mol. The molecule has 3 fully saturated rings. The van der Waals surface area contributed by atoms with Crippen LogP contribution in [0.4, 0.5) is 0 Å². The first-order valence-corrected chi connectivity index (χ1v) is 42.2. The molecule has 3 aliphatic rings. The van der Waals surface area contributed by atoms with Gasteiger partial charge in [0.1, 0.15) is 98.7 Å². The van der Waals surface area contributed by atoms with Crippen LogP contribution in [0, 0.1) is 5.92 Å². The third kappa shape index (κ3) is 40.4. The van der Waals surface area contributed by atoms with E-state index < -0.39 is 156 Å². The molecule has 19 atom stereocenters. The molecule has 0 radical (unpaired) electrons. The summed E-state index contributed by atoms with van der Waals surface area (Å²) in [6.07, 6.45) is 15.7. The lowest BCUT2D eigenvalue weighted by Crippen LogP contribution is -2.69. The number of phosphoric ester groups is 1. The number of rotatable bonds is 64. The molecule has 0 spiro atoms. The molecule has 2 heterocycles. The average molecular weight is 1490 g/mol. The molecule has 0 aromatic rings. The van der Waals surface area contributed by atoms with Crippen LogP contribution in [-0.2, 0) is 61.2 Å². The minimum atomic E-state index is -5.70. The molecule has 3 rings (SSSR count). The molecule has 0 aromatic heterocycles. The Hall–Kier alpha value is -2.04. The van der Waals surface area contributed by atoms with Crippen LogP contribution in [0.3, 0.4) is 0 Å². The summed E-state index contributed by atoms with van der Waals surface area (Å²) in [5.41, 5.74) is 0. The highest BCUT2D eigenvalue weighted by Crippen LogP contribution is 2.49. The fourth-order valence-electron chi connectivity index (χ4n) is 13.8. The number of carbonyl (C=O) groups excluding carboxylic acids is 3. The fourth-order valence-corrected chi connectivity index (χ4v) is 14.8. The van der Waals surface area contributed by atoms with Crippen LogP contribution in [0.2, 0.25) is 0 Å². The quantitative estimate of drug-likeness (QED) is 0.0117. The van der Waals surface area contributed by atoms with Crippen molar-refractivity contribution >= 4 is 25.7 Å². The van der Waals surface area contributed by atoms with Gasteiger partial charge in [0.25, 0.3) is 0 Å². The van der Waals surface area contributed by atoms with Gasteiger partial charge >= 0.3 is 25.7 Å². The summed E-state index contributed by atoms with van der Waals surface area (Å²) >= 11 is 0. The zero-order valence-electron chi connectivity index (χ0n) is 63.3. The number of aliphatic hydroxyl groups is 10. The number of phosphoric acid groups is 1. The highest BCUT2D eigenvalue weighted by molar-refractivity contribution is 7.47. The van der Waals surface area contributed by atoms with Crippen molar-refractivity contribution in [3.8, 4) is 0 Å². The first-order valence-electron chi connectivity index (χ1n) is 40.7. The van der Waals surface area contributed by atoms with Gasteiger partial charge in [0.2, 0.25) is 0 Å². The van der Waals surface area contributed by atoms with Crippen molar-refractivity contribution in [2.75, 3.05) is 26.4 Å².